The second-order valence-corrected chi connectivity index (χ2v) is 6.48. The van der Waals surface area contributed by atoms with Crippen molar-refractivity contribution < 1.29 is 13.5 Å². The highest BCUT2D eigenvalue weighted by Crippen LogP contribution is 2.30. The molecule has 0 aliphatic carbocycles. The summed E-state index contributed by atoms with van der Waals surface area (Å²) in [6.45, 7) is 1.08. The second-order valence-electron chi connectivity index (χ2n) is 6.48. The number of nitriles is 2. The number of halogens is 2. The van der Waals surface area contributed by atoms with E-state index >= 15 is 0 Å². The molecule has 0 amide bonds. The Labute approximate surface area is 162 Å². The molecule has 0 spiro atoms. The fraction of sp³-hybridized carbons (Fsp3) is 0.350. The standard InChI is InChI=1S/C20H19F2N5O/c1-13-17(10-24)18-12-27(9-6-16(18)19(26-13)25-8-7-23)11-14-2-4-15(5-3-14)28-20(21)22/h2-5,20H,6,8-9,11-12H2,1H3,(H,25,26). The smallest absolute Gasteiger partial charge is 0.387 e. The van der Waals surface area contributed by atoms with Crippen molar-refractivity contribution in [2.24, 2.45) is 0 Å². The van der Waals surface area contributed by atoms with E-state index in [1.807, 2.05) is 6.07 Å². The zero-order valence-corrected chi connectivity index (χ0v) is 15.4. The molecule has 1 aromatic carbocycles. The van der Waals surface area contributed by atoms with Gasteiger partial charge in [-0.25, -0.2) is 4.98 Å². The van der Waals surface area contributed by atoms with Crippen molar-refractivity contribution in [1.82, 2.24) is 9.88 Å². The van der Waals surface area contributed by atoms with Crippen LogP contribution in [0.5, 0.6) is 5.75 Å². The number of fused-ring (bicyclic) bond motifs is 1. The molecule has 0 atom stereocenters. The molecule has 1 aliphatic heterocycles. The molecule has 144 valence electrons. The van der Waals surface area contributed by atoms with Gasteiger partial charge in [0.25, 0.3) is 0 Å². The fourth-order valence-corrected chi connectivity index (χ4v) is 3.41. The zero-order chi connectivity index (χ0) is 20.1. The maximum absolute atomic E-state index is 12.3. The molecule has 8 heteroatoms. The van der Waals surface area contributed by atoms with E-state index in [1.165, 1.54) is 12.1 Å². The van der Waals surface area contributed by atoms with Crippen molar-refractivity contribution in [3.05, 3.63) is 52.2 Å². The predicted octanol–water partition coefficient (Wildman–Crippen LogP) is 3.36. The molecule has 2 aromatic rings. The van der Waals surface area contributed by atoms with Crippen molar-refractivity contribution in [2.75, 3.05) is 18.4 Å². The number of aromatic nitrogens is 1. The van der Waals surface area contributed by atoms with E-state index in [-0.39, 0.29) is 12.3 Å². The molecule has 0 unspecified atom stereocenters. The fourth-order valence-electron chi connectivity index (χ4n) is 3.41. The summed E-state index contributed by atoms with van der Waals surface area (Å²) in [7, 11) is 0. The Hall–Kier alpha value is -3.23. The normalized spacial score (nSPS) is 13.5. The average Bonchev–Trinajstić information content (AvgIpc) is 2.67. The summed E-state index contributed by atoms with van der Waals surface area (Å²) in [5.74, 6) is 0.797. The lowest BCUT2D eigenvalue weighted by Crippen LogP contribution is -2.32. The van der Waals surface area contributed by atoms with E-state index < -0.39 is 6.61 Å². The average molecular weight is 383 g/mol. The Bertz CT molecular complexity index is 932. The summed E-state index contributed by atoms with van der Waals surface area (Å²) in [6, 6.07) is 10.9. The highest BCUT2D eigenvalue weighted by Gasteiger charge is 2.24. The summed E-state index contributed by atoms with van der Waals surface area (Å²) >= 11 is 0. The Morgan fingerprint density at radius 3 is 2.64 bits per heavy atom. The Morgan fingerprint density at radius 2 is 2.00 bits per heavy atom. The van der Waals surface area contributed by atoms with E-state index in [2.05, 4.69) is 26.0 Å². The molecule has 1 aliphatic rings. The SMILES string of the molecule is Cc1nc(NCC#N)c2c(c1C#N)CN(Cc1ccc(OC(F)F)cc1)CC2. The molecule has 0 radical (unpaired) electrons. The summed E-state index contributed by atoms with van der Waals surface area (Å²) < 4.78 is 28.9. The van der Waals surface area contributed by atoms with Gasteiger partial charge >= 0.3 is 6.61 Å². The van der Waals surface area contributed by atoms with Gasteiger partial charge in [-0.3, -0.25) is 4.90 Å². The molecule has 0 bridgehead atoms. The lowest BCUT2D eigenvalue weighted by Gasteiger charge is -2.31. The first-order valence-electron chi connectivity index (χ1n) is 8.81. The maximum atomic E-state index is 12.3. The van der Waals surface area contributed by atoms with Gasteiger partial charge in [0, 0.05) is 25.2 Å². The van der Waals surface area contributed by atoms with E-state index in [9.17, 15) is 14.0 Å². The highest BCUT2D eigenvalue weighted by atomic mass is 19.3. The number of alkyl halides is 2. The Kier molecular flexibility index (Phi) is 6.03. The van der Waals surface area contributed by atoms with E-state index in [4.69, 9.17) is 5.26 Å². The highest BCUT2D eigenvalue weighted by molar-refractivity contribution is 5.58. The van der Waals surface area contributed by atoms with Crippen LogP contribution in [0.4, 0.5) is 14.6 Å². The third kappa shape index (κ3) is 4.36. The van der Waals surface area contributed by atoms with Crippen LogP contribution in [-0.2, 0) is 19.5 Å². The number of nitrogens with one attached hydrogen (secondary N) is 1. The predicted molar refractivity (Wildman–Crippen MR) is 98.7 cm³/mol. The lowest BCUT2D eigenvalue weighted by atomic mass is 9.94. The second kappa shape index (κ2) is 8.64. The number of pyridine rings is 1. The molecular formula is C20H19F2N5O. The van der Waals surface area contributed by atoms with Gasteiger partial charge in [-0.05, 0) is 36.6 Å². The van der Waals surface area contributed by atoms with Crippen molar-refractivity contribution in [1.29, 1.82) is 10.5 Å². The van der Waals surface area contributed by atoms with Crippen LogP contribution in [-0.4, -0.2) is 29.6 Å². The summed E-state index contributed by atoms with van der Waals surface area (Å²) in [5.41, 5.74) is 4.09. The number of anilines is 1. The molecule has 1 aromatic heterocycles. The summed E-state index contributed by atoms with van der Waals surface area (Å²) in [4.78, 5) is 6.65. The van der Waals surface area contributed by atoms with Gasteiger partial charge in [-0.1, -0.05) is 12.1 Å². The summed E-state index contributed by atoms with van der Waals surface area (Å²) in [6.07, 6.45) is 0.706. The van der Waals surface area contributed by atoms with Crippen molar-refractivity contribution in [3.63, 3.8) is 0 Å². The number of ether oxygens (including phenoxy) is 1. The van der Waals surface area contributed by atoms with Gasteiger partial charge in [0.2, 0.25) is 0 Å². The van der Waals surface area contributed by atoms with Crippen molar-refractivity contribution >= 4 is 5.82 Å². The molecule has 0 fully saturated rings. The molecule has 1 N–H and O–H groups in total. The van der Waals surface area contributed by atoms with Crippen LogP contribution in [0.3, 0.4) is 0 Å². The molecule has 2 heterocycles. The number of hydrogen-bond acceptors (Lipinski definition) is 6. The minimum Gasteiger partial charge on any atom is -0.435 e. The number of benzene rings is 1. The van der Waals surface area contributed by atoms with Gasteiger partial charge < -0.3 is 10.1 Å². The third-order valence-electron chi connectivity index (χ3n) is 4.65. The van der Waals surface area contributed by atoms with Gasteiger partial charge in [0.05, 0.1) is 17.3 Å². The zero-order valence-electron chi connectivity index (χ0n) is 15.4. The molecular weight excluding hydrogens is 364 g/mol. The van der Waals surface area contributed by atoms with E-state index in [1.54, 1.807) is 19.1 Å². The molecule has 6 nitrogen and oxygen atoms in total. The molecule has 3 rings (SSSR count). The molecule has 0 saturated carbocycles. The van der Waals surface area contributed by atoms with Crippen LogP contribution >= 0.6 is 0 Å². The number of rotatable bonds is 6. The van der Waals surface area contributed by atoms with E-state index in [0.717, 1.165) is 23.2 Å². The van der Waals surface area contributed by atoms with E-state index in [0.29, 0.717) is 36.6 Å². The van der Waals surface area contributed by atoms with Crippen LogP contribution in [0.1, 0.15) is 27.9 Å². The van der Waals surface area contributed by atoms with Gasteiger partial charge in [-0.15, -0.1) is 0 Å². The third-order valence-corrected chi connectivity index (χ3v) is 4.65. The molecule has 0 saturated heterocycles. The molecule has 28 heavy (non-hydrogen) atoms. The van der Waals surface area contributed by atoms with Crippen molar-refractivity contribution in [2.45, 2.75) is 33.0 Å². The first-order chi connectivity index (χ1) is 13.5. The number of hydrogen-bond donors (Lipinski definition) is 1. The van der Waals surface area contributed by atoms with Gasteiger partial charge in [0.15, 0.2) is 0 Å². The first kappa shape index (κ1) is 19.5. The summed E-state index contributed by atoms with van der Waals surface area (Å²) in [5, 5.41) is 21.4. The maximum Gasteiger partial charge on any atom is 0.387 e. The van der Waals surface area contributed by atoms with Crippen molar-refractivity contribution in [3.8, 4) is 17.9 Å². The lowest BCUT2D eigenvalue weighted by molar-refractivity contribution is -0.0498. The van der Waals surface area contributed by atoms with Crippen LogP contribution < -0.4 is 10.1 Å². The Morgan fingerprint density at radius 1 is 1.25 bits per heavy atom. The quantitative estimate of drug-likeness (QED) is 0.770. The number of aryl methyl sites for hydroxylation is 1. The van der Waals surface area contributed by atoms with Crippen LogP contribution in [0.25, 0.3) is 0 Å². The Balaban J connectivity index is 1.79. The van der Waals surface area contributed by atoms with Crippen LogP contribution in [0.2, 0.25) is 0 Å². The minimum absolute atomic E-state index is 0.129. The monoisotopic (exact) mass is 383 g/mol. The van der Waals surface area contributed by atoms with Gasteiger partial charge in [0.1, 0.15) is 24.2 Å². The largest absolute Gasteiger partial charge is 0.435 e. The van der Waals surface area contributed by atoms with Gasteiger partial charge in [-0.2, -0.15) is 19.3 Å². The first-order valence-corrected chi connectivity index (χ1v) is 8.81. The number of nitrogens with zero attached hydrogens (tertiary/aromatic N) is 4. The topological polar surface area (TPSA) is 85.0 Å². The van der Waals surface area contributed by atoms with Crippen LogP contribution in [0.15, 0.2) is 24.3 Å². The van der Waals surface area contributed by atoms with Crippen LogP contribution in [0, 0.1) is 29.6 Å². The minimum atomic E-state index is -2.84.